The topological polar surface area (TPSA) is 26.3 Å². The van der Waals surface area contributed by atoms with Crippen LogP contribution in [0, 0.1) is 0 Å². The molecular formula is C37H70O2. The van der Waals surface area contributed by atoms with Crippen molar-refractivity contribution in [2.24, 2.45) is 0 Å². The number of unbranched alkanes of at least 4 members (excludes halogenated alkanes) is 24. The first-order chi connectivity index (χ1) is 19.3. The zero-order valence-electron chi connectivity index (χ0n) is 26.8. The van der Waals surface area contributed by atoms with Gasteiger partial charge in [0.05, 0.1) is 6.61 Å². The lowest BCUT2D eigenvalue weighted by molar-refractivity contribution is -0.143. The lowest BCUT2D eigenvalue weighted by atomic mass is 10.0. The highest BCUT2D eigenvalue weighted by molar-refractivity contribution is 5.69. The second-order valence-electron chi connectivity index (χ2n) is 11.8. The molecule has 0 saturated carbocycles. The number of allylic oxidation sites excluding steroid dienone is 3. The van der Waals surface area contributed by atoms with Crippen LogP contribution in [0.3, 0.4) is 0 Å². The molecule has 0 aliphatic heterocycles. The molecule has 0 unspecified atom stereocenters. The van der Waals surface area contributed by atoms with Crippen molar-refractivity contribution >= 4 is 5.97 Å². The van der Waals surface area contributed by atoms with Crippen LogP contribution in [0.2, 0.25) is 0 Å². The van der Waals surface area contributed by atoms with Gasteiger partial charge in [-0.05, 0) is 51.4 Å². The number of hydrogen-bond donors (Lipinski definition) is 0. The molecule has 0 amide bonds. The normalized spacial score (nSPS) is 11.7. The van der Waals surface area contributed by atoms with Crippen LogP contribution in [0.25, 0.3) is 0 Å². The van der Waals surface area contributed by atoms with Crippen LogP contribution in [0.5, 0.6) is 0 Å². The average Bonchev–Trinajstić information content (AvgIpc) is 2.94. The fourth-order valence-electron chi connectivity index (χ4n) is 5.17. The van der Waals surface area contributed by atoms with Gasteiger partial charge in [0.1, 0.15) is 0 Å². The molecule has 0 spiro atoms. The smallest absolute Gasteiger partial charge is 0.305 e. The molecule has 0 aliphatic rings. The van der Waals surface area contributed by atoms with Gasteiger partial charge in [0.2, 0.25) is 0 Å². The van der Waals surface area contributed by atoms with E-state index in [-0.39, 0.29) is 5.97 Å². The predicted octanol–water partition coefficient (Wildman–Crippen LogP) is 13.0. The summed E-state index contributed by atoms with van der Waals surface area (Å²) < 4.78 is 5.39. The molecular weight excluding hydrogens is 476 g/mol. The first-order valence-corrected chi connectivity index (χ1v) is 17.8. The van der Waals surface area contributed by atoms with E-state index in [1.165, 1.54) is 161 Å². The molecule has 0 atom stereocenters. The Kier molecular flexibility index (Phi) is 34.0. The van der Waals surface area contributed by atoms with Gasteiger partial charge in [-0.25, -0.2) is 0 Å². The van der Waals surface area contributed by atoms with Gasteiger partial charge in [0.15, 0.2) is 0 Å². The summed E-state index contributed by atoms with van der Waals surface area (Å²) in [6, 6.07) is 0. The number of ether oxygens (including phenoxy) is 1. The van der Waals surface area contributed by atoms with Crippen molar-refractivity contribution in [3.05, 3.63) is 24.3 Å². The Labute approximate surface area is 246 Å². The van der Waals surface area contributed by atoms with Crippen LogP contribution in [-0.4, -0.2) is 12.6 Å². The van der Waals surface area contributed by atoms with E-state index in [2.05, 4.69) is 38.2 Å². The van der Waals surface area contributed by atoms with Gasteiger partial charge >= 0.3 is 5.97 Å². The van der Waals surface area contributed by atoms with Crippen molar-refractivity contribution in [1.82, 2.24) is 0 Å². The monoisotopic (exact) mass is 547 g/mol. The molecule has 0 heterocycles. The lowest BCUT2D eigenvalue weighted by Gasteiger charge is -2.03. The molecule has 0 saturated heterocycles. The molecule has 2 nitrogen and oxygen atoms in total. The highest BCUT2D eigenvalue weighted by Gasteiger charge is 2.01. The zero-order chi connectivity index (χ0) is 28.3. The van der Waals surface area contributed by atoms with Crippen molar-refractivity contribution in [2.75, 3.05) is 6.61 Å². The maximum absolute atomic E-state index is 11.9. The average molecular weight is 547 g/mol. The Hall–Kier alpha value is -1.05. The third kappa shape index (κ3) is 34.9. The van der Waals surface area contributed by atoms with E-state index in [1.54, 1.807) is 0 Å². The minimum Gasteiger partial charge on any atom is -0.465 e. The van der Waals surface area contributed by atoms with E-state index < -0.39 is 0 Å². The quantitative estimate of drug-likeness (QED) is 0.0476. The molecule has 0 aromatic carbocycles. The summed E-state index contributed by atoms with van der Waals surface area (Å²) in [5.74, 6) is -0.0162. The van der Waals surface area contributed by atoms with Gasteiger partial charge in [0, 0.05) is 6.42 Å². The molecule has 230 valence electrons. The second kappa shape index (κ2) is 35.0. The van der Waals surface area contributed by atoms with Gasteiger partial charge in [-0.2, -0.15) is 0 Å². The molecule has 0 aliphatic carbocycles. The Balaban J connectivity index is 3.25. The van der Waals surface area contributed by atoms with Crippen LogP contribution in [0.4, 0.5) is 0 Å². The lowest BCUT2D eigenvalue weighted by Crippen LogP contribution is -2.04. The fourth-order valence-corrected chi connectivity index (χ4v) is 5.17. The molecule has 0 N–H and O–H groups in total. The molecule has 0 rings (SSSR count). The summed E-state index contributed by atoms with van der Waals surface area (Å²) in [6.07, 6.45) is 46.8. The number of esters is 1. The van der Waals surface area contributed by atoms with Gasteiger partial charge in [-0.1, -0.05) is 167 Å². The Morgan fingerprint density at radius 2 is 0.718 bits per heavy atom. The van der Waals surface area contributed by atoms with Gasteiger partial charge in [0.25, 0.3) is 0 Å². The summed E-state index contributed by atoms with van der Waals surface area (Å²) in [6.45, 7) is 5.11. The highest BCUT2D eigenvalue weighted by atomic mass is 16.5. The number of carbonyl (C=O) groups excluding carboxylic acids is 1. The maximum Gasteiger partial charge on any atom is 0.305 e. The van der Waals surface area contributed by atoms with Crippen molar-refractivity contribution in [3.8, 4) is 0 Å². The van der Waals surface area contributed by atoms with Crippen LogP contribution in [0.15, 0.2) is 24.3 Å². The summed E-state index contributed by atoms with van der Waals surface area (Å²) in [4.78, 5) is 11.9. The van der Waals surface area contributed by atoms with Crippen molar-refractivity contribution < 1.29 is 9.53 Å². The molecule has 0 fully saturated rings. The van der Waals surface area contributed by atoms with E-state index in [0.717, 1.165) is 19.3 Å². The fraction of sp³-hybridized carbons (Fsp3) is 0.865. The Morgan fingerprint density at radius 1 is 0.410 bits per heavy atom. The number of hydrogen-bond acceptors (Lipinski definition) is 2. The minimum absolute atomic E-state index is 0.0162. The van der Waals surface area contributed by atoms with E-state index in [9.17, 15) is 4.79 Å². The van der Waals surface area contributed by atoms with Crippen LogP contribution in [0.1, 0.15) is 200 Å². The van der Waals surface area contributed by atoms with Gasteiger partial charge in [-0.15, -0.1) is 0 Å². The summed E-state index contributed by atoms with van der Waals surface area (Å²) >= 11 is 0. The Morgan fingerprint density at radius 3 is 1.10 bits per heavy atom. The van der Waals surface area contributed by atoms with Gasteiger partial charge < -0.3 is 4.74 Å². The van der Waals surface area contributed by atoms with E-state index in [0.29, 0.717) is 13.0 Å². The first kappa shape index (κ1) is 38.0. The standard InChI is InChI=1S/C37H70O2/c1-3-5-7-9-11-13-15-17-19-20-22-24-26-28-30-32-34-36-39-37(38)35-33-31-29-27-25-23-21-18-16-14-12-10-8-6-4-2/h18,21,30,32H,3-17,19-20,22-29,31,33-36H2,1-2H3. The minimum atomic E-state index is -0.0162. The first-order valence-electron chi connectivity index (χ1n) is 17.8. The summed E-state index contributed by atoms with van der Waals surface area (Å²) in [5, 5.41) is 0. The molecule has 0 bridgehead atoms. The third-order valence-electron chi connectivity index (χ3n) is 7.83. The van der Waals surface area contributed by atoms with Gasteiger partial charge in [-0.3, -0.25) is 4.79 Å². The second-order valence-corrected chi connectivity index (χ2v) is 11.8. The maximum atomic E-state index is 11.9. The molecule has 39 heavy (non-hydrogen) atoms. The molecule has 0 radical (unpaired) electrons. The highest BCUT2D eigenvalue weighted by Crippen LogP contribution is 2.13. The van der Waals surface area contributed by atoms with Crippen molar-refractivity contribution in [3.63, 3.8) is 0 Å². The molecule has 0 aromatic rings. The third-order valence-corrected chi connectivity index (χ3v) is 7.83. The van der Waals surface area contributed by atoms with Crippen LogP contribution < -0.4 is 0 Å². The number of rotatable bonds is 32. The van der Waals surface area contributed by atoms with Crippen LogP contribution in [-0.2, 0) is 9.53 Å². The summed E-state index contributed by atoms with van der Waals surface area (Å²) in [5.41, 5.74) is 0. The Bertz CT molecular complexity index is 522. The summed E-state index contributed by atoms with van der Waals surface area (Å²) in [7, 11) is 0. The van der Waals surface area contributed by atoms with Crippen LogP contribution >= 0.6 is 0 Å². The predicted molar refractivity (Wildman–Crippen MR) is 174 cm³/mol. The molecule has 2 heteroatoms. The number of carbonyl (C=O) groups is 1. The SMILES string of the molecule is CCCCCCCCC=CCCCCCCCC(=O)OCCC=CCCCCCCCCCCCCCCC. The van der Waals surface area contributed by atoms with E-state index >= 15 is 0 Å². The van der Waals surface area contributed by atoms with E-state index in [1.807, 2.05) is 0 Å². The molecule has 0 aromatic heterocycles. The van der Waals surface area contributed by atoms with E-state index in [4.69, 9.17) is 4.74 Å². The zero-order valence-corrected chi connectivity index (χ0v) is 26.8. The van der Waals surface area contributed by atoms with Crippen molar-refractivity contribution in [2.45, 2.75) is 200 Å². The largest absolute Gasteiger partial charge is 0.465 e. The van der Waals surface area contributed by atoms with Crippen molar-refractivity contribution in [1.29, 1.82) is 0 Å².